The molecule has 1 aliphatic carbocycles. The van der Waals surface area contributed by atoms with E-state index in [-0.39, 0.29) is 28.5 Å². The Hall–Kier alpha value is -0.900. The van der Waals surface area contributed by atoms with Gasteiger partial charge >= 0.3 is 0 Å². The van der Waals surface area contributed by atoms with Gasteiger partial charge in [-0.2, -0.15) is 0 Å². The molecule has 0 aromatic heterocycles. The van der Waals surface area contributed by atoms with E-state index in [0.717, 1.165) is 12.8 Å². The van der Waals surface area contributed by atoms with Gasteiger partial charge in [0.15, 0.2) is 0 Å². The van der Waals surface area contributed by atoms with Crippen LogP contribution in [-0.4, -0.2) is 21.7 Å². The van der Waals surface area contributed by atoms with E-state index < -0.39 is 0 Å². The smallest absolute Gasteiger partial charge is 0.237 e. The van der Waals surface area contributed by atoms with Crippen molar-refractivity contribution in [2.75, 3.05) is 0 Å². The average molecular weight is 328 g/mol. The number of carbonyl (C=O) groups is 1. The lowest BCUT2D eigenvalue weighted by atomic mass is 10.1. The molecule has 104 valence electrons. The van der Waals surface area contributed by atoms with Gasteiger partial charge in [0.25, 0.3) is 0 Å². The molecular formula is C15H19BrFNO. The quantitative estimate of drug-likeness (QED) is 0.754. The topological polar surface area (TPSA) is 20.3 Å². The molecule has 19 heavy (non-hydrogen) atoms. The molecule has 4 heteroatoms. The standard InChI is InChI=1S/C15H19BrFNO/c1-10(2)14(16)15(19)18(12-7-8-12)9-11-5-3-4-6-13(11)17/h3-6,10,12,14H,7-9H2,1-2H3. The van der Waals surface area contributed by atoms with Crippen LogP contribution in [0.5, 0.6) is 0 Å². The van der Waals surface area contributed by atoms with Crippen LogP contribution in [0.3, 0.4) is 0 Å². The Morgan fingerprint density at radius 2 is 2.05 bits per heavy atom. The van der Waals surface area contributed by atoms with Gasteiger partial charge in [0, 0.05) is 18.2 Å². The van der Waals surface area contributed by atoms with Crippen LogP contribution in [0.25, 0.3) is 0 Å². The number of amides is 1. The third kappa shape index (κ3) is 3.56. The number of hydrogen-bond acceptors (Lipinski definition) is 1. The molecule has 0 spiro atoms. The van der Waals surface area contributed by atoms with Crippen molar-refractivity contribution in [1.82, 2.24) is 4.90 Å². The molecule has 1 aliphatic rings. The van der Waals surface area contributed by atoms with Gasteiger partial charge in [0.05, 0.1) is 4.83 Å². The van der Waals surface area contributed by atoms with Crippen molar-refractivity contribution >= 4 is 21.8 Å². The largest absolute Gasteiger partial charge is 0.334 e. The second-order valence-corrected chi connectivity index (χ2v) is 6.42. The van der Waals surface area contributed by atoms with E-state index in [1.54, 1.807) is 12.1 Å². The SMILES string of the molecule is CC(C)C(Br)C(=O)N(Cc1ccccc1F)C1CC1. The molecule has 1 aromatic carbocycles. The molecule has 1 fully saturated rings. The van der Waals surface area contributed by atoms with Crippen molar-refractivity contribution in [3.63, 3.8) is 0 Å². The second kappa shape index (κ2) is 6.04. The molecule has 0 radical (unpaired) electrons. The van der Waals surface area contributed by atoms with Gasteiger partial charge in [0.2, 0.25) is 5.91 Å². The highest BCUT2D eigenvalue weighted by Gasteiger charge is 2.36. The van der Waals surface area contributed by atoms with Crippen LogP contribution < -0.4 is 0 Å². The van der Waals surface area contributed by atoms with Crippen LogP contribution in [0.4, 0.5) is 4.39 Å². The zero-order valence-corrected chi connectivity index (χ0v) is 12.9. The minimum atomic E-state index is -0.239. The molecule has 0 aliphatic heterocycles. The Balaban J connectivity index is 2.13. The predicted octanol–water partition coefficient (Wildman–Crippen LogP) is 3.74. The summed E-state index contributed by atoms with van der Waals surface area (Å²) in [6.45, 7) is 4.38. The normalized spacial score (nSPS) is 16.5. The fourth-order valence-corrected chi connectivity index (χ4v) is 2.29. The van der Waals surface area contributed by atoms with Gasteiger partial charge in [0.1, 0.15) is 5.82 Å². The lowest BCUT2D eigenvalue weighted by Gasteiger charge is -2.26. The first-order valence-electron chi connectivity index (χ1n) is 6.68. The second-order valence-electron chi connectivity index (χ2n) is 5.43. The highest BCUT2D eigenvalue weighted by Crippen LogP contribution is 2.31. The third-order valence-corrected chi connectivity index (χ3v) is 4.84. The Kier molecular flexibility index (Phi) is 4.61. The summed E-state index contributed by atoms with van der Waals surface area (Å²) >= 11 is 3.45. The van der Waals surface area contributed by atoms with Gasteiger partial charge in [-0.1, -0.05) is 48.0 Å². The van der Waals surface area contributed by atoms with Crippen LogP contribution in [-0.2, 0) is 11.3 Å². The van der Waals surface area contributed by atoms with E-state index in [4.69, 9.17) is 0 Å². The summed E-state index contributed by atoms with van der Waals surface area (Å²) < 4.78 is 13.7. The van der Waals surface area contributed by atoms with E-state index in [1.165, 1.54) is 6.07 Å². The molecule has 1 atom stereocenters. The zero-order chi connectivity index (χ0) is 14.0. The van der Waals surface area contributed by atoms with Crippen LogP contribution in [0.2, 0.25) is 0 Å². The molecule has 0 saturated heterocycles. The number of alkyl halides is 1. The van der Waals surface area contributed by atoms with Crippen LogP contribution >= 0.6 is 15.9 Å². The van der Waals surface area contributed by atoms with Crippen molar-refractivity contribution in [1.29, 1.82) is 0 Å². The van der Waals surface area contributed by atoms with Gasteiger partial charge in [-0.15, -0.1) is 0 Å². The van der Waals surface area contributed by atoms with E-state index in [1.807, 2.05) is 24.8 Å². The molecule has 1 aromatic rings. The highest BCUT2D eigenvalue weighted by atomic mass is 79.9. The fourth-order valence-electron chi connectivity index (χ4n) is 2.03. The maximum atomic E-state index is 13.7. The first-order valence-corrected chi connectivity index (χ1v) is 7.60. The lowest BCUT2D eigenvalue weighted by Crippen LogP contribution is -2.39. The Bertz CT molecular complexity index is 459. The number of benzene rings is 1. The minimum absolute atomic E-state index is 0.0701. The van der Waals surface area contributed by atoms with Gasteiger partial charge in [-0.3, -0.25) is 4.79 Å². The predicted molar refractivity (Wildman–Crippen MR) is 77.5 cm³/mol. The molecule has 0 N–H and O–H groups in total. The van der Waals surface area contributed by atoms with Crippen molar-refractivity contribution < 1.29 is 9.18 Å². The summed E-state index contributed by atoms with van der Waals surface area (Å²) in [7, 11) is 0. The maximum absolute atomic E-state index is 13.7. The zero-order valence-electron chi connectivity index (χ0n) is 11.3. The summed E-state index contributed by atoms with van der Waals surface area (Å²) in [5.41, 5.74) is 0.589. The first-order chi connectivity index (χ1) is 9.00. The van der Waals surface area contributed by atoms with Gasteiger partial charge in [-0.05, 0) is 24.8 Å². The summed E-state index contributed by atoms with van der Waals surface area (Å²) in [6.07, 6.45) is 2.05. The maximum Gasteiger partial charge on any atom is 0.237 e. The van der Waals surface area contributed by atoms with E-state index in [9.17, 15) is 9.18 Å². The van der Waals surface area contributed by atoms with Gasteiger partial charge in [-0.25, -0.2) is 4.39 Å². The average Bonchev–Trinajstić information content (AvgIpc) is 3.20. The molecule has 1 amide bonds. The fraction of sp³-hybridized carbons (Fsp3) is 0.533. The van der Waals surface area contributed by atoms with Crippen molar-refractivity contribution in [2.24, 2.45) is 5.92 Å². The summed E-state index contributed by atoms with van der Waals surface area (Å²) in [6, 6.07) is 6.95. The third-order valence-electron chi connectivity index (χ3n) is 3.39. The Labute approximate surface area is 122 Å². The number of rotatable bonds is 5. The van der Waals surface area contributed by atoms with E-state index >= 15 is 0 Å². The molecule has 1 unspecified atom stereocenters. The molecule has 0 heterocycles. The summed E-state index contributed by atoms with van der Waals surface area (Å²) in [4.78, 5) is 14.1. The highest BCUT2D eigenvalue weighted by molar-refractivity contribution is 9.10. The summed E-state index contributed by atoms with van der Waals surface area (Å²) in [5, 5.41) is 0. The molecule has 0 bridgehead atoms. The van der Waals surface area contributed by atoms with Crippen LogP contribution in [0.15, 0.2) is 24.3 Å². The summed E-state index contributed by atoms with van der Waals surface area (Å²) in [5.74, 6) is 0.0618. The van der Waals surface area contributed by atoms with Crippen molar-refractivity contribution in [3.05, 3.63) is 35.6 Å². The van der Waals surface area contributed by atoms with Crippen LogP contribution in [0, 0.1) is 11.7 Å². The lowest BCUT2D eigenvalue weighted by molar-refractivity contribution is -0.132. The minimum Gasteiger partial charge on any atom is -0.334 e. The number of hydrogen-bond donors (Lipinski definition) is 0. The first kappa shape index (κ1) is 14.5. The number of nitrogens with zero attached hydrogens (tertiary/aromatic N) is 1. The van der Waals surface area contributed by atoms with E-state index in [0.29, 0.717) is 12.1 Å². The van der Waals surface area contributed by atoms with Crippen LogP contribution in [0.1, 0.15) is 32.3 Å². The van der Waals surface area contributed by atoms with Crippen molar-refractivity contribution in [3.8, 4) is 0 Å². The van der Waals surface area contributed by atoms with E-state index in [2.05, 4.69) is 15.9 Å². The Morgan fingerprint density at radius 3 is 2.58 bits per heavy atom. The molecule has 2 nitrogen and oxygen atoms in total. The molecular weight excluding hydrogens is 309 g/mol. The number of carbonyl (C=O) groups excluding carboxylic acids is 1. The number of halogens is 2. The van der Waals surface area contributed by atoms with Crippen molar-refractivity contribution in [2.45, 2.75) is 44.1 Å². The molecule has 1 saturated carbocycles. The Morgan fingerprint density at radius 1 is 1.42 bits per heavy atom. The van der Waals surface area contributed by atoms with Gasteiger partial charge < -0.3 is 4.90 Å². The molecule has 2 rings (SSSR count). The monoisotopic (exact) mass is 327 g/mol.